The van der Waals surface area contributed by atoms with Gasteiger partial charge in [-0.1, -0.05) is 32.0 Å². The van der Waals surface area contributed by atoms with E-state index in [2.05, 4.69) is 5.32 Å². The van der Waals surface area contributed by atoms with Gasteiger partial charge in [0.1, 0.15) is 0 Å². The summed E-state index contributed by atoms with van der Waals surface area (Å²) < 4.78 is 79.3. The fraction of sp³-hybridized carbons (Fsp3) is 0.417. The van der Waals surface area contributed by atoms with Gasteiger partial charge in [0.2, 0.25) is 11.8 Å². The lowest BCUT2D eigenvalue weighted by molar-refractivity contribution is -0.143. The van der Waals surface area contributed by atoms with Crippen LogP contribution in [0.5, 0.6) is 0 Å². The van der Waals surface area contributed by atoms with Crippen LogP contribution in [0.25, 0.3) is 0 Å². The Labute approximate surface area is 192 Å². The molecule has 10 heteroatoms. The number of carbonyl (C=O) groups is 2. The molecule has 1 saturated heterocycles. The van der Waals surface area contributed by atoms with Gasteiger partial charge in [-0.25, -0.2) is 0 Å². The SMILES string of the molecule is CCC1(C(=O)Nc2cc(C(F)(F)F)cc(C(F)(F)F)c2)CN(c2c(C)cccc2C)C(=O)[C@H]1C. The van der Waals surface area contributed by atoms with Gasteiger partial charge in [0.25, 0.3) is 0 Å². The standard InChI is InChI=1S/C24H24F6N2O2/c1-5-22(12-32(20(33)15(22)4)19-13(2)7-6-8-14(19)3)21(34)31-18-10-16(23(25,26)27)9-17(11-18)24(28,29)30/h6-11,15H,5,12H2,1-4H3,(H,31,34)/t15-,22?/m1/s1. The number of nitrogens with one attached hydrogen (secondary N) is 1. The van der Waals surface area contributed by atoms with E-state index in [1.807, 2.05) is 32.0 Å². The van der Waals surface area contributed by atoms with E-state index in [-0.39, 0.29) is 24.9 Å². The molecule has 184 valence electrons. The highest BCUT2D eigenvalue weighted by Gasteiger charge is 2.54. The smallest absolute Gasteiger partial charge is 0.326 e. The molecule has 0 aliphatic carbocycles. The van der Waals surface area contributed by atoms with Crippen LogP contribution in [0.3, 0.4) is 0 Å². The van der Waals surface area contributed by atoms with Gasteiger partial charge in [0.15, 0.2) is 0 Å². The number of aryl methyl sites for hydroxylation is 2. The van der Waals surface area contributed by atoms with Gasteiger partial charge in [-0.05, 0) is 49.6 Å². The molecule has 0 aromatic heterocycles. The second-order valence-electron chi connectivity index (χ2n) is 8.64. The summed E-state index contributed by atoms with van der Waals surface area (Å²) in [5.41, 5.74) is -2.79. The van der Waals surface area contributed by atoms with Crippen molar-refractivity contribution in [3.63, 3.8) is 0 Å². The molecule has 1 fully saturated rings. The van der Waals surface area contributed by atoms with Crippen LogP contribution in [0.2, 0.25) is 0 Å². The summed E-state index contributed by atoms with van der Waals surface area (Å²) in [5, 5.41) is 2.24. The van der Waals surface area contributed by atoms with Crippen LogP contribution in [0.4, 0.5) is 37.7 Å². The zero-order valence-corrected chi connectivity index (χ0v) is 19.0. The topological polar surface area (TPSA) is 49.4 Å². The van der Waals surface area contributed by atoms with Gasteiger partial charge in [0.05, 0.1) is 22.5 Å². The molecule has 0 spiro atoms. The minimum absolute atomic E-state index is 0.00431. The summed E-state index contributed by atoms with van der Waals surface area (Å²) in [6, 6.07) is 6.36. The summed E-state index contributed by atoms with van der Waals surface area (Å²) in [6.45, 7) is 6.78. The van der Waals surface area contributed by atoms with Crippen molar-refractivity contribution < 1.29 is 35.9 Å². The van der Waals surface area contributed by atoms with Crippen molar-refractivity contribution in [2.75, 3.05) is 16.8 Å². The second-order valence-corrected chi connectivity index (χ2v) is 8.64. The van der Waals surface area contributed by atoms with E-state index in [0.717, 1.165) is 11.1 Å². The van der Waals surface area contributed by atoms with Crippen LogP contribution in [-0.4, -0.2) is 18.4 Å². The summed E-state index contributed by atoms with van der Waals surface area (Å²) in [7, 11) is 0. The Bertz CT molecular complexity index is 1070. The molecule has 1 unspecified atom stereocenters. The first-order chi connectivity index (χ1) is 15.6. The van der Waals surface area contributed by atoms with Crippen molar-refractivity contribution in [1.82, 2.24) is 0 Å². The van der Waals surface area contributed by atoms with E-state index in [1.54, 1.807) is 13.8 Å². The van der Waals surface area contributed by atoms with Gasteiger partial charge in [-0.2, -0.15) is 26.3 Å². The number of halogens is 6. The van der Waals surface area contributed by atoms with Crippen LogP contribution in [0.15, 0.2) is 36.4 Å². The average Bonchev–Trinajstić information content (AvgIpc) is 2.98. The number of anilines is 2. The molecule has 3 rings (SSSR count). The fourth-order valence-electron chi connectivity index (χ4n) is 4.52. The largest absolute Gasteiger partial charge is 0.416 e. The maximum Gasteiger partial charge on any atom is 0.416 e. The number of benzene rings is 2. The monoisotopic (exact) mass is 486 g/mol. The van der Waals surface area contributed by atoms with E-state index in [0.29, 0.717) is 17.8 Å². The van der Waals surface area contributed by atoms with E-state index in [1.165, 1.54) is 4.90 Å². The molecule has 1 aliphatic heterocycles. The van der Waals surface area contributed by atoms with Crippen molar-refractivity contribution in [3.05, 3.63) is 58.7 Å². The molecule has 1 heterocycles. The lowest BCUT2D eigenvalue weighted by atomic mass is 9.75. The van der Waals surface area contributed by atoms with Gasteiger partial charge in [-0.3, -0.25) is 9.59 Å². The minimum atomic E-state index is -5.04. The number of carbonyl (C=O) groups excluding carboxylic acids is 2. The van der Waals surface area contributed by atoms with E-state index in [4.69, 9.17) is 0 Å². The molecule has 1 N–H and O–H groups in total. The van der Waals surface area contributed by atoms with Crippen LogP contribution in [0, 0.1) is 25.2 Å². The third-order valence-corrected chi connectivity index (χ3v) is 6.54. The first-order valence-corrected chi connectivity index (χ1v) is 10.6. The Morgan fingerprint density at radius 2 is 1.53 bits per heavy atom. The number of nitrogens with zero attached hydrogens (tertiary/aromatic N) is 1. The summed E-state index contributed by atoms with van der Waals surface area (Å²) >= 11 is 0. The van der Waals surface area contributed by atoms with Crippen LogP contribution >= 0.6 is 0 Å². The number of para-hydroxylation sites is 1. The van der Waals surface area contributed by atoms with Gasteiger partial charge in [0, 0.05) is 17.9 Å². The maximum atomic E-state index is 13.3. The molecule has 0 saturated carbocycles. The second kappa shape index (κ2) is 8.63. The number of rotatable bonds is 4. The van der Waals surface area contributed by atoms with Crippen molar-refractivity contribution in [2.24, 2.45) is 11.3 Å². The third kappa shape index (κ3) is 4.50. The number of alkyl halides is 6. The van der Waals surface area contributed by atoms with Crippen molar-refractivity contribution in [3.8, 4) is 0 Å². The van der Waals surface area contributed by atoms with Gasteiger partial charge >= 0.3 is 12.4 Å². The van der Waals surface area contributed by atoms with Gasteiger partial charge in [-0.15, -0.1) is 0 Å². The molecule has 0 radical (unpaired) electrons. The van der Waals surface area contributed by atoms with E-state index < -0.39 is 46.4 Å². The van der Waals surface area contributed by atoms with E-state index >= 15 is 0 Å². The molecule has 34 heavy (non-hydrogen) atoms. The molecular weight excluding hydrogens is 462 g/mol. The molecule has 2 aromatic rings. The average molecular weight is 486 g/mol. The number of hydrogen-bond acceptors (Lipinski definition) is 2. The molecular formula is C24H24F6N2O2. The molecule has 0 bridgehead atoms. The highest BCUT2D eigenvalue weighted by atomic mass is 19.4. The fourth-order valence-corrected chi connectivity index (χ4v) is 4.52. The molecule has 1 aliphatic rings. The number of hydrogen-bond donors (Lipinski definition) is 1. The highest BCUT2D eigenvalue weighted by molar-refractivity contribution is 6.07. The van der Waals surface area contributed by atoms with Crippen molar-refractivity contribution in [1.29, 1.82) is 0 Å². The number of amides is 2. The van der Waals surface area contributed by atoms with Crippen molar-refractivity contribution in [2.45, 2.75) is 46.5 Å². The Morgan fingerprint density at radius 3 is 1.97 bits per heavy atom. The maximum absolute atomic E-state index is 13.3. The zero-order chi connectivity index (χ0) is 25.6. The Kier molecular flexibility index (Phi) is 6.49. The predicted octanol–water partition coefficient (Wildman–Crippen LogP) is 6.36. The van der Waals surface area contributed by atoms with E-state index in [9.17, 15) is 35.9 Å². The first-order valence-electron chi connectivity index (χ1n) is 10.6. The molecule has 4 nitrogen and oxygen atoms in total. The molecule has 2 aromatic carbocycles. The zero-order valence-electron chi connectivity index (χ0n) is 19.0. The van der Waals surface area contributed by atoms with Crippen LogP contribution in [-0.2, 0) is 21.9 Å². The lowest BCUT2D eigenvalue weighted by Gasteiger charge is -2.30. The first kappa shape index (κ1) is 25.6. The van der Waals surface area contributed by atoms with Crippen molar-refractivity contribution >= 4 is 23.2 Å². The lowest BCUT2D eigenvalue weighted by Crippen LogP contribution is -2.42. The highest BCUT2D eigenvalue weighted by Crippen LogP contribution is 2.45. The Morgan fingerprint density at radius 1 is 1.03 bits per heavy atom. The quantitative estimate of drug-likeness (QED) is 0.512. The van der Waals surface area contributed by atoms with Crippen LogP contribution in [0.1, 0.15) is 42.5 Å². The summed E-state index contributed by atoms with van der Waals surface area (Å²) in [4.78, 5) is 28.0. The Balaban J connectivity index is 2.01. The molecule has 2 amide bonds. The Hall–Kier alpha value is -3.04. The normalized spacial score (nSPS) is 21.2. The summed E-state index contributed by atoms with van der Waals surface area (Å²) in [6.07, 6.45) is -9.93. The third-order valence-electron chi connectivity index (χ3n) is 6.54. The summed E-state index contributed by atoms with van der Waals surface area (Å²) in [5.74, 6) is -1.99. The van der Waals surface area contributed by atoms with Crippen LogP contribution < -0.4 is 10.2 Å². The molecule has 2 atom stereocenters. The predicted molar refractivity (Wildman–Crippen MR) is 115 cm³/mol. The van der Waals surface area contributed by atoms with Gasteiger partial charge < -0.3 is 10.2 Å². The minimum Gasteiger partial charge on any atom is -0.326 e.